The van der Waals surface area contributed by atoms with E-state index >= 15 is 0 Å². The average molecular weight is 548 g/mol. The zero-order valence-corrected chi connectivity index (χ0v) is 24.7. The highest BCUT2D eigenvalue weighted by Gasteiger charge is 2.46. The molecular formula is C33H49N5O2. The third-order valence-electron chi connectivity index (χ3n) is 7.98. The highest BCUT2D eigenvalue weighted by atomic mass is 16.6. The molecule has 1 aromatic rings. The largest absolute Gasteiger partial charge is 0.501 e. The average Bonchev–Trinajstić information content (AvgIpc) is 3.40. The van der Waals surface area contributed by atoms with Gasteiger partial charge in [0.2, 0.25) is 6.07 Å². The summed E-state index contributed by atoms with van der Waals surface area (Å²) >= 11 is 0. The minimum Gasteiger partial charge on any atom is -0.259 e. The van der Waals surface area contributed by atoms with Crippen molar-refractivity contribution in [1.29, 1.82) is 10.5 Å². The first kappa shape index (κ1) is 33.1. The fourth-order valence-electron chi connectivity index (χ4n) is 5.57. The predicted octanol–water partition coefficient (Wildman–Crippen LogP) is 9.44. The molecule has 0 N–H and O–H groups in total. The third-order valence-corrected chi connectivity index (χ3v) is 7.98. The van der Waals surface area contributed by atoms with E-state index in [1.54, 1.807) is 12.1 Å². The molecule has 0 bridgehead atoms. The van der Waals surface area contributed by atoms with Crippen molar-refractivity contribution in [2.75, 3.05) is 0 Å². The zero-order valence-electron chi connectivity index (χ0n) is 24.7. The van der Waals surface area contributed by atoms with Crippen LogP contribution < -0.4 is 0 Å². The molecule has 0 spiro atoms. The second-order valence-corrected chi connectivity index (χ2v) is 11.3. The van der Waals surface area contributed by atoms with Crippen LogP contribution >= 0.6 is 0 Å². The number of hydrogen-bond acceptors (Lipinski definition) is 6. The first-order chi connectivity index (χ1) is 19.6. The summed E-state index contributed by atoms with van der Waals surface area (Å²) in [5.41, 5.74) is 1.99. The lowest BCUT2D eigenvalue weighted by atomic mass is 9.86. The van der Waals surface area contributed by atoms with Gasteiger partial charge in [0, 0.05) is 0 Å². The molecule has 0 amide bonds. The molecule has 40 heavy (non-hydrogen) atoms. The fraction of sp³-hybridized carbons (Fsp3) is 0.697. The Balaban J connectivity index is 1.62. The van der Waals surface area contributed by atoms with E-state index in [4.69, 9.17) is 0 Å². The van der Waals surface area contributed by atoms with Crippen LogP contribution in [-0.2, 0) is 0 Å². The van der Waals surface area contributed by atoms with Gasteiger partial charge in [0.05, 0.1) is 28.5 Å². The molecule has 7 nitrogen and oxygen atoms in total. The van der Waals surface area contributed by atoms with Crippen LogP contribution in [0.3, 0.4) is 0 Å². The van der Waals surface area contributed by atoms with E-state index in [0.717, 1.165) is 24.8 Å². The molecule has 2 atom stereocenters. The molecule has 0 saturated carbocycles. The first-order valence-electron chi connectivity index (χ1n) is 15.7. The van der Waals surface area contributed by atoms with Crippen molar-refractivity contribution in [2.24, 2.45) is 9.98 Å². The van der Waals surface area contributed by atoms with Gasteiger partial charge in [-0.2, -0.15) is 20.5 Å². The lowest BCUT2D eigenvalue weighted by Crippen LogP contribution is -2.30. The van der Waals surface area contributed by atoms with Crippen LogP contribution in [0.15, 0.2) is 34.3 Å². The molecule has 0 fully saturated rings. The van der Waals surface area contributed by atoms with Crippen molar-refractivity contribution in [2.45, 2.75) is 147 Å². The number of nitriles is 2. The topological polar surface area (TPSA) is 115 Å². The molecule has 0 aromatic heterocycles. The number of benzene rings is 1. The van der Waals surface area contributed by atoms with E-state index in [9.17, 15) is 20.6 Å². The Morgan fingerprint density at radius 1 is 0.825 bits per heavy atom. The molecule has 1 aliphatic heterocycles. The molecule has 1 aromatic carbocycles. The quantitative estimate of drug-likeness (QED) is 0.0770. The Bertz CT molecular complexity index is 1020. The molecule has 2 rings (SSSR count). The number of unbranched alkanes of at least 4 members (excludes halogenated alkanes) is 17. The van der Waals surface area contributed by atoms with Gasteiger partial charge in [-0.25, -0.2) is 0 Å². The van der Waals surface area contributed by atoms with Gasteiger partial charge in [0.1, 0.15) is 0 Å². The Morgan fingerprint density at radius 2 is 1.32 bits per heavy atom. The maximum absolute atomic E-state index is 11.3. The highest BCUT2D eigenvalue weighted by Crippen LogP contribution is 2.31. The summed E-state index contributed by atoms with van der Waals surface area (Å²) in [6, 6.07) is 11.4. The van der Waals surface area contributed by atoms with E-state index < -0.39 is 10.7 Å². The van der Waals surface area contributed by atoms with Gasteiger partial charge in [-0.05, 0) is 30.4 Å². The lowest BCUT2D eigenvalue weighted by molar-refractivity contribution is -0.547. The number of hydrogen-bond donors (Lipinski definition) is 0. The molecule has 0 saturated heterocycles. The Morgan fingerprint density at radius 3 is 1.77 bits per heavy atom. The lowest BCUT2D eigenvalue weighted by Gasteiger charge is -2.18. The summed E-state index contributed by atoms with van der Waals surface area (Å²) in [5.74, 6) is -2.26. The van der Waals surface area contributed by atoms with Gasteiger partial charge in [0.25, 0.3) is 0 Å². The molecule has 2 unspecified atom stereocenters. The molecule has 1 heterocycles. The second kappa shape index (κ2) is 19.9. The van der Waals surface area contributed by atoms with E-state index in [1.165, 1.54) is 109 Å². The smallest absolute Gasteiger partial charge is 0.259 e. The van der Waals surface area contributed by atoms with Gasteiger partial charge in [0.15, 0.2) is 0 Å². The maximum atomic E-state index is 11.3. The Labute approximate surface area is 242 Å². The minimum atomic E-state index is -2.26. The number of nitrogens with zero attached hydrogens (tertiary/aromatic N) is 5. The van der Waals surface area contributed by atoms with Crippen LogP contribution in [0, 0.1) is 32.8 Å². The van der Waals surface area contributed by atoms with E-state index in [-0.39, 0.29) is 5.92 Å². The van der Waals surface area contributed by atoms with Crippen molar-refractivity contribution in [3.05, 3.63) is 45.5 Å². The third kappa shape index (κ3) is 12.0. The summed E-state index contributed by atoms with van der Waals surface area (Å²) in [4.78, 5) is 18.4. The zero-order chi connectivity index (χ0) is 28.9. The van der Waals surface area contributed by atoms with Crippen molar-refractivity contribution in [1.82, 2.24) is 0 Å². The number of nitro groups is 1. The van der Waals surface area contributed by atoms with Crippen LogP contribution in [0.1, 0.15) is 152 Å². The van der Waals surface area contributed by atoms with Crippen molar-refractivity contribution in [3.8, 4) is 12.1 Å². The molecule has 0 radical (unpaired) electrons. The predicted molar refractivity (Wildman–Crippen MR) is 163 cm³/mol. The number of aliphatic imine (C=N–C) groups is 2. The van der Waals surface area contributed by atoms with Crippen molar-refractivity contribution >= 4 is 11.9 Å². The van der Waals surface area contributed by atoms with Crippen LogP contribution in [0.4, 0.5) is 0 Å². The highest BCUT2D eigenvalue weighted by molar-refractivity contribution is 6.32. The summed E-state index contributed by atoms with van der Waals surface area (Å²) in [5, 5.41) is 30.2. The van der Waals surface area contributed by atoms with Crippen molar-refractivity contribution in [3.63, 3.8) is 0 Å². The fourth-order valence-corrected chi connectivity index (χ4v) is 5.57. The molecule has 0 aliphatic carbocycles. The Hall–Kier alpha value is -3.06. The summed E-state index contributed by atoms with van der Waals surface area (Å²) in [7, 11) is 0. The Kier molecular flexibility index (Phi) is 16.5. The molecule has 218 valence electrons. The standard InChI is InChI=1S/C33H49N5O2/c1-2-3-4-5-6-7-8-9-10-11-12-13-14-15-16-17-18-19-22-29(32-24-21-20-23-30(32)26-34)25-31-27-36-33(28-35,37-31)38(39)40/h20-21,23-24,27,29H,2-19,22,25H2,1H3. The normalized spacial score (nSPS) is 16.8. The summed E-state index contributed by atoms with van der Waals surface area (Å²) < 4.78 is 0. The van der Waals surface area contributed by atoms with Gasteiger partial charge in [-0.15, -0.1) is 0 Å². The van der Waals surface area contributed by atoms with Gasteiger partial charge in [-0.3, -0.25) is 10.1 Å². The number of rotatable bonds is 23. The van der Waals surface area contributed by atoms with Gasteiger partial charge >= 0.3 is 5.79 Å². The summed E-state index contributed by atoms with van der Waals surface area (Å²) in [6.45, 7) is 2.27. The van der Waals surface area contributed by atoms with Crippen LogP contribution in [0.5, 0.6) is 0 Å². The molecular weight excluding hydrogens is 498 g/mol. The van der Waals surface area contributed by atoms with Gasteiger partial charge in [-0.1, -0.05) is 141 Å². The monoisotopic (exact) mass is 547 g/mol. The van der Waals surface area contributed by atoms with E-state index in [1.807, 2.05) is 18.2 Å². The second-order valence-electron chi connectivity index (χ2n) is 11.3. The summed E-state index contributed by atoms with van der Waals surface area (Å²) in [6.07, 6.45) is 26.6. The van der Waals surface area contributed by atoms with Crippen LogP contribution in [0.2, 0.25) is 0 Å². The first-order valence-corrected chi connectivity index (χ1v) is 15.7. The maximum Gasteiger partial charge on any atom is 0.501 e. The SMILES string of the molecule is CCCCCCCCCCCCCCCCCCCCC(CC1=NC(C#N)([N+](=O)[O-])N=C1)c1ccccc1C#N. The van der Waals surface area contributed by atoms with E-state index in [0.29, 0.717) is 17.7 Å². The van der Waals surface area contributed by atoms with Crippen LogP contribution in [-0.4, -0.2) is 22.6 Å². The molecule has 7 heteroatoms. The van der Waals surface area contributed by atoms with Crippen molar-refractivity contribution < 1.29 is 4.92 Å². The minimum absolute atomic E-state index is 0.00311. The molecule has 1 aliphatic rings. The van der Waals surface area contributed by atoms with E-state index in [2.05, 4.69) is 23.0 Å². The van der Waals surface area contributed by atoms with Crippen LogP contribution in [0.25, 0.3) is 0 Å². The van der Waals surface area contributed by atoms with Gasteiger partial charge < -0.3 is 0 Å².